The molecular formula is C22H19ClF2N2S. The van der Waals surface area contributed by atoms with E-state index in [2.05, 4.69) is 29.6 Å². The maximum Gasteiger partial charge on any atom is 0.159 e. The van der Waals surface area contributed by atoms with Gasteiger partial charge in [0.2, 0.25) is 0 Å². The van der Waals surface area contributed by atoms with Crippen LogP contribution in [0.5, 0.6) is 0 Å². The number of halogens is 3. The smallest absolute Gasteiger partial charge is 0.159 e. The Bertz CT molecular complexity index is 951. The Kier molecular flexibility index (Phi) is 6.70. The van der Waals surface area contributed by atoms with Crippen LogP contribution in [0.25, 0.3) is 0 Å². The minimum atomic E-state index is -0.826. The Balaban J connectivity index is 0.00000225. The molecule has 144 valence electrons. The third kappa shape index (κ3) is 4.54. The summed E-state index contributed by atoms with van der Waals surface area (Å²) in [5, 5.41) is 4.31. The van der Waals surface area contributed by atoms with Crippen molar-refractivity contribution in [2.45, 2.75) is 17.8 Å². The fourth-order valence-electron chi connectivity index (χ4n) is 3.15. The number of hydrogen-bond acceptors (Lipinski definition) is 3. The molecule has 4 rings (SSSR count). The summed E-state index contributed by atoms with van der Waals surface area (Å²) < 4.78 is 26.5. The number of nitrogens with one attached hydrogen (secondary N) is 1. The molecule has 0 bridgehead atoms. The molecule has 28 heavy (non-hydrogen) atoms. The fraction of sp³-hybridized carbons (Fsp3) is 0.136. The minimum Gasteiger partial charge on any atom is -0.356 e. The van der Waals surface area contributed by atoms with Crippen LogP contribution >= 0.6 is 24.2 Å². The first kappa shape index (κ1) is 20.4. The first-order valence-electron chi connectivity index (χ1n) is 8.71. The Hall–Kier alpha value is -2.37. The van der Waals surface area contributed by atoms with Crippen molar-refractivity contribution in [3.05, 3.63) is 107 Å². The summed E-state index contributed by atoms with van der Waals surface area (Å²) in [6.45, 7) is 0. The Morgan fingerprint density at radius 3 is 2.11 bits per heavy atom. The third-order valence-electron chi connectivity index (χ3n) is 4.51. The van der Waals surface area contributed by atoms with Crippen molar-refractivity contribution in [2.75, 3.05) is 0 Å². The molecule has 1 aliphatic heterocycles. The lowest BCUT2D eigenvalue weighted by atomic mass is 9.95. The van der Waals surface area contributed by atoms with Crippen LogP contribution in [0.15, 0.2) is 83.9 Å². The zero-order valence-corrected chi connectivity index (χ0v) is 16.5. The summed E-state index contributed by atoms with van der Waals surface area (Å²) >= 11 is 1.50. The molecule has 0 aliphatic carbocycles. The lowest BCUT2D eigenvalue weighted by Crippen LogP contribution is -2.22. The van der Waals surface area contributed by atoms with E-state index in [1.165, 1.54) is 23.4 Å². The van der Waals surface area contributed by atoms with Gasteiger partial charge in [-0.15, -0.1) is 12.4 Å². The molecule has 0 radical (unpaired) electrons. The van der Waals surface area contributed by atoms with E-state index in [4.69, 9.17) is 4.99 Å². The normalized spacial score (nSPS) is 18.1. The number of rotatable bonds is 4. The van der Waals surface area contributed by atoms with Gasteiger partial charge in [-0.05, 0) is 28.8 Å². The second-order valence-corrected chi connectivity index (χ2v) is 7.32. The van der Waals surface area contributed by atoms with E-state index in [1.807, 2.05) is 36.4 Å². The van der Waals surface area contributed by atoms with Gasteiger partial charge in [0.05, 0.1) is 6.04 Å². The first-order valence-corrected chi connectivity index (χ1v) is 9.70. The molecule has 3 aromatic rings. The van der Waals surface area contributed by atoms with Gasteiger partial charge in [-0.1, -0.05) is 78.5 Å². The van der Waals surface area contributed by atoms with Crippen molar-refractivity contribution in [3.8, 4) is 0 Å². The van der Waals surface area contributed by atoms with Crippen LogP contribution in [0, 0.1) is 11.6 Å². The topological polar surface area (TPSA) is 24.4 Å². The molecule has 1 N–H and O–H groups in total. The molecule has 0 fully saturated rings. The van der Waals surface area contributed by atoms with Crippen LogP contribution in [-0.2, 0) is 5.75 Å². The predicted octanol–water partition coefficient (Wildman–Crippen LogP) is 6.06. The third-order valence-corrected chi connectivity index (χ3v) is 5.48. The highest BCUT2D eigenvalue weighted by atomic mass is 35.5. The summed E-state index contributed by atoms with van der Waals surface area (Å²) in [5.74, 6) is -1.13. The van der Waals surface area contributed by atoms with E-state index in [-0.39, 0.29) is 24.5 Å². The van der Waals surface area contributed by atoms with Gasteiger partial charge in [-0.2, -0.15) is 0 Å². The molecule has 0 unspecified atom stereocenters. The SMILES string of the molecule is Cl.Fc1ccc(CSC2=N[C@H](c3ccccc3)[C@H](c3ccccc3)N2)cc1F. The van der Waals surface area contributed by atoms with Crippen molar-refractivity contribution in [2.24, 2.45) is 4.99 Å². The van der Waals surface area contributed by atoms with Gasteiger partial charge in [0.25, 0.3) is 0 Å². The van der Waals surface area contributed by atoms with Crippen molar-refractivity contribution >= 4 is 29.3 Å². The molecule has 3 aromatic carbocycles. The Morgan fingerprint density at radius 1 is 0.821 bits per heavy atom. The number of aliphatic imine (C=N–C) groups is 1. The fourth-order valence-corrected chi connectivity index (χ4v) is 4.03. The van der Waals surface area contributed by atoms with E-state index in [9.17, 15) is 8.78 Å². The monoisotopic (exact) mass is 416 g/mol. The van der Waals surface area contributed by atoms with Gasteiger partial charge in [0.1, 0.15) is 6.04 Å². The second-order valence-electron chi connectivity index (χ2n) is 6.36. The van der Waals surface area contributed by atoms with E-state index < -0.39 is 11.6 Å². The van der Waals surface area contributed by atoms with Gasteiger partial charge in [0, 0.05) is 5.75 Å². The molecule has 0 spiro atoms. The van der Waals surface area contributed by atoms with Crippen molar-refractivity contribution in [3.63, 3.8) is 0 Å². The van der Waals surface area contributed by atoms with Crippen LogP contribution in [0.1, 0.15) is 28.8 Å². The zero-order valence-electron chi connectivity index (χ0n) is 14.9. The Morgan fingerprint density at radius 2 is 1.46 bits per heavy atom. The van der Waals surface area contributed by atoms with Gasteiger partial charge in [-0.25, -0.2) is 8.78 Å². The van der Waals surface area contributed by atoms with Crippen molar-refractivity contribution in [1.82, 2.24) is 5.32 Å². The van der Waals surface area contributed by atoms with E-state index >= 15 is 0 Å². The van der Waals surface area contributed by atoms with Crippen molar-refractivity contribution < 1.29 is 8.78 Å². The molecule has 0 saturated carbocycles. The lowest BCUT2D eigenvalue weighted by Gasteiger charge is -2.19. The highest BCUT2D eigenvalue weighted by Gasteiger charge is 2.31. The van der Waals surface area contributed by atoms with E-state index in [0.717, 1.165) is 22.4 Å². The van der Waals surface area contributed by atoms with Crippen LogP contribution in [0.4, 0.5) is 8.78 Å². The molecule has 0 amide bonds. The molecule has 2 nitrogen and oxygen atoms in total. The zero-order chi connectivity index (χ0) is 18.6. The highest BCUT2D eigenvalue weighted by Crippen LogP contribution is 2.38. The summed E-state index contributed by atoms with van der Waals surface area (Å²) in [6.07, 6.45) is 0. The maximum absolute atomic E-state index is 13.4. The number of nitrogens with zero attached hydrogens (tertiary/aromatic N) is 1. The molecule has 1 aliphatic rings. The molecular weight excluding hydrogens is 398 g/mol. The summed E-state index contributed by atoms with van der Waals surface area (Å²) in [4.78, 5) is 4.87. The van der Waals surface area contributed by atoms with Gasteiger partial charge >= 0.3 is 0 Å². The van der Waals surface area contributed by atoms with E-state index in [0.29, 0.717) is 5.75 Å². The number of amidine groups is 1. The van der Waals surface area contributed by atoms with Gasteiger partial charge < -0.3 is 5.32 Å². The number of thioether (sulfide) groups is 1. The summed E-state index contributed by atoms with van der Waals surface area (Å²) in [6, 6.07) is 24.4. The number of hydrogen-bond donors (Lipinski definition) is 1. The average molecular weight is 417 g/mol. The van der Waals surface area contributed by atoms with Crippen LogP contribution in [0.3, 0.4) is 0 Å². The van der Waals surface area contributed by atoms with Crippen molar-refractivity contribution in [1.29, 1.82) is 0 Å². The standard InChI is InChI=1S/C22H18F2N2S.ClH/c23-18-12-11-15(13-19(18)24)14-27-22-25-20(16-7-3-1-4-8-16)21(26-22)17-9-5-2-6-10-17;/h1-13,20-21H,14H2,(H,25,26);1H/t20-,21+;. The van der Waals surface area contributed by atoms with Crippen LogP contribution < -0.4 is 5.32 Å². The molecule has 1 heterocycles. The highest BCUT2D eigenvalue weighted by molar-refractivity contribution is 8.13. The Labute approximate surface area is 173 Å². The van der Waals surface area contributed by atoms with Crippen LogP contribution in [0.2, 0.25) is 0 Å². The van der Waals surface area contributed by atoms with Gasteiger partial charge in [0.15, 0.2) is 16.8 Å². The first-order chi connectivity index (χ1) is 13.2. The lowest BCUT2D eigenvalue weighted by molar-refractivity contribution is 0.507. The summed E-state index contributed by atoms with van der Waals surface area (Å²) in [5.41, 5.74) is 3.03. The molecule has 0 aromatic heterocycles. The predicted molar refractivity (Wildman–Crippen MR) is 114 cm³/mol. The maximum atomic E-state index is 13.4. The largest absolute Gasteiger partial charge is 0.356 e. The minimum absolute atomic E-state index is 0. The van der Waals surface area contributed by atoms with E-state index in [1.54, 1.807) is 6.07 Å². The van der Waals surface area contributed by atoms with Crippen LogP contribution in [-0.4, -0.2) is 5.17 Å². The molecule has 0 saturated heterocycles. The average Bonchev–Trinajstić information content (AvgIpc) is 3.15. The molecule has 2 atom stereocenters. The summed E-state index contributed by atoms with van der Waals surface area (Å²) in [7, 11) is 0. The number of benzene rings is 3. The second kappa shape index (κ2) is 9.22. The van der Waals surface area contributed by atoms with Gasteiger partial charge in [-0.3, -0.25) is 4.99 Å². The quantitative estimate of drug-likeness (QED) is 0.558. The molecule has 6 heteroatoms.